The normalized spacial score (nSPS) is 23.1. The van der Waals surface area contributed by atoms with Crippen molar-refractivity contribution in [2.75, 3.05) is 29.0 Å². The van der Waals surface area contributed by atoms with Gasteiger partial charge in [0.1, 0.15) is 11.6 Å². The van der Waals surface area contributed by atoms with E-state index in [1.165, 1.54) is 0 Å². The molecule has 1 unspecified atom stereocenters. The molecular formula is C12H16F3N5. The number of nitrogen functional groups attached to an aromatic ring is 1. The Balaban J connectivity index is 1.75. The van der Waals surface area contributed by atoms with Crippen LogP contribution in [0.25, 0.3) is 0 Å². The van der Waals surface area contributed by atoms with Crippen LogP contribution in [-0.4, -0.2) is 35.3 Å². The predicted molar refractivity (Wildman–Crippen MR) is 69.5 cm³/mol. The number of hydrogen-bond donors (Lipinski definition) is 2. The molecule has 1 saturated heterocycles. The largest absolute Gasteiger partial charge is 0.393 e. The fourth-order valence-electron chi connectivity index (χ4n) is 2.36. The smallest absolute Gasteiger partial charge is 0.368 e. The fraction of sp³-hybridized carbons (Fsp3) is 0.667. The Kier molecular flexibility index (Phi) is 3.10. The molecule has 8 heteroatoms. The summed E-state index contributed by atoms with van der Waals surface area (Å²) in [6.07, 6.45) is -1.89. The van der Waals surface area contributed by atoms with E-state index in [0.29, 0.717) is 24.2 Å². The summed E-state index contributed by atoms with van der Waals surface area (Å²) in [6, 6.07) is 2.08. The lowest BCUT2D eigenvalue weighted by Gasteiger charge is -2.19. The van der Waals surface area contributed by atoms with Crippen LogP contribution in [0.5, 0.6) is 0 Å². The van der Waals surface area contributed by atoms with Gasteiger partial charge in [0.2, 0.25) is 5.95 Å². The Morgan fingerprint density at radius 1 is 1.25 bits per heavy atom. The minimum Gasteiger partial charge on any atom is -0.368 e. The third-order valence-corrected chi connectivity index (χ3v) is 3.63. The molecule has 0 aromatic carbocycles. The topological polar surface area (TPSA) is 67.1 Å². The summed E-state index contributed by atoms with van der Waals surface area (Å²) in [6.45, 7) is 0.270. The van der Waals surface area contributed by atoms with Crippen LogP contribution in [0, 0.1) is 5.92 Å². The molecular weight excluding hydrogens is 271 g/mol. The van der Waals surface area contributed by atoms with E-state index in [-0.39, 0.29) is 18.9 Å². The van der Waals surface area contributed by atoms with E-state index < -0.39 is 12.1 Å². The molecule has 1 saturated carbocycles. The average Bonchev–Trinajstić information content (AvgIpc) is 3.00. The maximum Gasteiger partial charge on any atom is 0.393 e. The van der Waals surface area contributed by atoms with Crippen LogP contribution in [0.3, 0.4) is 0 Å². The number of anilines is 3. The van der Waals surface area contributed by atoms with Crippen LogP contribution in [0.4, 0.5) is 30.8 Å². The predicted octanol–water partition coefficient (Wildman–Crippen LogP) is 2.02. The zero-order valence-electron chi connectivity index (χ0n) is 10.8. The van der Waals surface area contributed by atoms with Gasteiger partial charge < -0.3 is 16.0 Å². The van der Waals surface area contributed by atoms with Crippen LogP contribution < -0.4 is 16.0 Å². The first kappa shape index (κ1) is 13.3. The highest BCUT2D eigenvalue weighted by Gasteiger charge is 2.43. The molecule has 0 bridgehead atoms. The van der Waals surface area contributed by atoms with Gasteiger partial charge in [0.15, 0.2) is 0 Å². The van der Waals surface area contributed by atoms with Gasteiger partial charge in [0.25, 0.3) is 0 Å². The van der Waals surface area contributed by atoms with Crippen molar-refractivity contribution in [2.24, 2.45) is 5.92 Å². The summed E-state index contributed by atoms with van der Waals surface area (Å²) in [5.41, 5.74) is 5.63. The Labute approximate surface area is 114 Å². The average molecular weight is 287 g/mol. The van der Waals surface area contributed by atoms with Gasteiger partial charge in [-0.1, -0.05) is 0 Å². The molecule has 2 heterocycles. The van der Waals surface area contributed by atoms with Gasteiger partial charge in [-0.15, -0.1) is 0 Å². The van der Waals surface area contributed by atoms with Gasteiger partial charge >= 0.3 is 6.18 Å². The van der Waals surface area contributed by atoms with Gasteiger partial charge in [0, 0.05) is 25.2 Å². The van der Waals surface area contributed by atoms with Crippen molar-refractivity contribution in [2.45, 2.75) is 31.5 Å². The minimum atomic E-state index is -4.15. The Morgan fingerprint density at radius 2 is 2.00 bits per heavy atom. The van der Waals surface area contributed by atoms with E-state index in [9.17, 15) is 13.2 Å². The van der Waals surface area contributed by atoms with E-state index in [2.05, 4.69) is 15.3 Å². The SMILES string of the molecule is Nc1nc(NC2CC2)cc(N2CCC(C(F)(F)F)C2)n1. The molecule has 1 atom stereocenters. The lowest BCUT2D eigenvalue weighted by Crippen LogP contribution is -2.28. The lowest BCUT2D eigenvalue weighted by molar-refractivity contribution is -0.168. The lowest BCUT2D eigenvalue weighted by atomic mass is 10.1. The third-order valence-electron chi connectivity index (χ3n) is 3.63. The van der Waals surface area contributed by atoms with Crippen LogP contribution in [-0.2, 0) is 0 Å². The number of aromatic nitrogens is 2. The van der Waals surface area contributed by atoms with Gasteiger partial charge in [-0.2, -0.15) is 23.1 Å². The maximum absolute atomic E-state index is 12.7. The second kappa shape index (κ2) is 4.68. The number of alkyl halides is 3. The van der Waals surface area contributed by atoms with Crippen LogP contribution >= 0.6 is 0 Å². The van der Waals surface area contributed by atoms with Crippen LogP contribution in [0.2, 0.25) is 0 Å². The van der Waals surface area contributed by atoms with Crippen molar-refractivity contribution in [3.8, 4) is 0 Å². The molecule has 1 aliphatic heterocycles. The molecule has 1 aromatic rings. The summed E-state index contributed by atoms with van der Waals surface area (Å²) in [5.74, 6) is -0.155. The summed E-state index contributed by atoms with van der Waals surface area (Å²) >= 11 is 0. The standard InChI is InChI=1S/C12H16F3N5/c13-12(14,15)7-3-4-20(6-7)10-5-9(17-8-1-2-8)18-11(16)19-10/h5,7-8H,1-4,6H2,(H3,16,17,18,19). The molecule has 20 heavy (non-hydrogen) atoms. The monoisotopic (exact) mass is 287 g/mol. The van der Waals surface area contributed by atoms with E-state index in [4.69, 9.17) is 5.73 Å². The number of hydrogen-bond acceptors (Lipinski definition) is 5. The van der Waals surface area contributed by atoms with Gasteiger partial charge in [-0.3, -0.25) is 0 Å². The molecule has 0 radical (unpaired) electrons. The molecule has 2 fully saturated rings. The Hall–Kier alpha value is -1.73. The molecule has 5 nitrogen and oxygen atoms in total. The minimum absolute atomic E-state index is 0.0666. The van der Waals surface area contributed by atoms with Crippen molar-refractivity contribution >= 4 is 17.6 Å². The highest BCUT2D eigenvalue weighted by molar-refractivity contribution is 5.54. The number of nitrogens with one attached hydrogen (secondary N) is 1. The number of nitrogens with two attached hydrogens (primary N) is 1. The summed E-state index contributed by atoms with van der Waals surface area (Å²) < 4.78 is 38.1. The van der Waals surface area contributed by atoms with Crippen LogP contribution in [0.15, 0.2) is 6.07 Å². The van der Waals surface area contributed by atoms with Crippen molar-refractivity contribution in [3.05, 3.63) is 6.07 Å². The molecule has 3 N–H and O–H groups in total. The summed E-state index contributed by atoms with van der Waals surface area (Å²) in [5, 5.41) is 3.18. The van der Waals surface area contributed by atoms with Crippen molar-refractivity contribution in [1.29, 1.82) is 0 Å². The summed E-state index contributed by atoms with van der Waals surface area (Å²) in [7, 11) is 0. The molecule has 110 valence electrons. The van der Waals surface area contributed by atoms with Crippen molar-refractivity contribution < 1.29 is 13.2 Å². The second-order valence-electron chi connectivity index (χ2n) is 5.36. The highest BCUT2D eigenvalue weighted by Crippen LogP contribution is 2.35. The summed E-state index contributed by atoms with van der Waals surface area (Å²) in [4.78, 5) is 9.72. The molecule has 0 amide bonds. The van der Waals surface area contributed by atoms with Gasteiger partial charge in [0.05, 0.1) is 5.92 Å². The highest BCUT2D eigenvalue weighted by atomic mass is 19.4. The molecule has 2 aliphatic rings. The quantitative estimate of drug-likeness (QED) is 0.890. The molecule has 3 rings (SSSR count). The molecule has 1 aromatic heterocycles. The van der Waals surface area contributed by atoms with Crippen molar-refractivity contribution in [3.63, 3.8) is 0 Å². The number of halogens is 3. The van der Waals surface area contributed by atoms with Gasteiger partial charge in [-0.05, 0) is 19.3 Å². The van der Waals surface area contributed by atoms with Crippen LogP contribution in [0.1, 0.15) is 19.3 Å². The van der Waals surface area contributed by atoms with Gasteiger partial charge in [-0.25, -0.2) is 0 Å². The Morgan fingerprint density at radius 3 is 2.60 bits per heavy atom. The fourth-order valence-corrected chi connectivity index (χ4v) is 2.36. The zero-order chi connectivity index (χ0) is 14.3. The molecule has 1 aliphatic carbocycles. The Bertz CT molecular complexity index is 500. The van der Waals surface area contributed by atoms with E-state index >= 15 is 0 Å². The first-order valence-electron chi connectivity index (χ1n) is 6.64. The van der Waals surface area contributed by atoms with E-state index in [1.807, 2.05) is 0 Å². The first-order chi connectivity index (χ1) is 9.41. The van der Waals surface area contributed by atoms with E-state index in [0.717, 1.165) is 12.8 Å². The third kappa shape index (κ3) is 2.88. The second-order valence-corrected chi connectivity index (χ2v) is 5.36. The number of nitrogens with zero attached hydrogens (tertiary/aromatic N) is 3. The number of rotatable bonds is 3. The first-order valence-corrected chi connectivity index (χ1v) is 6.64. The molecule has 0 spiro atoms. The maximum atomic E-state index is 12.7. The van der Waals surface area contributed by atoms with Crippen molar-refractivity contribution in [1.82, 2.24) is 9.97 Å². The van der Waals surface area contributed by atoms with E-state index in [1.54, 1.807) is 11.0 Å². The zero-order valence-corrected chi connectivity index (χ0v) is 10.8.